The number of benzene rings is 1. The van der Waals surface area contributed by atoms with Crippen molar-refractivity contribution in [2.75, 3.05) is 6.61 Å². The van der Waals surface area contributed by atoms with Crippen molar-refractivity contribution < 1.29 is 23.8 Å². The van der Waals surface area contributed by atoms with E-state index in [9.17, 15) is 9.59 Å². The van der Waals surface area contributed by atoms with Crippen LogP contribution in [-0.4, -0.2) is 23.6 Å². The van der Waals surface area contributed by atoms with Gasteiger partial charge >= 0.3 is 5.97 Å². The van der Waals surface area contributed by atoms with Crippen LogP contribution in [0.5, 0.6) is 5.75 Å². The Morgan fingerprint density at radius 3 is 2.82 bits per heavy atom. The molecule has 0 aliphatic rings. The number of furan rings is 1. The minimum absolute atomic E-state index is 0.0757. The number of hydrogen-bond acceptors (Lipinski definition) is 4. The lowest BCUT2D eigenvalue weighted by atomic mass is 10.2. The minimum Gasteiger partial charge on any atom is -0.482 e. The number of rotatable bonds is 8. The number of hydrogen-bond donors (Lipinski definition) is 2. The number of aliphatic carboxylic acids is 1. The zero-order chi connectivity index (χ0) is 15.8. The fourth-order valence-electron chi connectivity index (χ4n) is 1.87. The van der Waals surface area contributed by atoms with Crippen molar-refractivity contribution in [3.8, 4) is 5.75 Å². The maximum atomic E-state index is 11.7. The van der Waals surface area contributed by atoms with Gasteiger partial charge < -0.3 is 19.6 Å². The van der Waals surface area contributed by atoms with Crippen molar-refractivity contribution in [3.05, 3.63) is 54.0 Å². The molecule has 1 heterocycles. The van der Waals surface area contributed by atoms with Crippen LogP contribution < -0.4 is 10.1 Å². The maximum Gasteiger partial charge on any atom is 0.341 e. The van der Waals surface area contributed by atoms with Gasteiger partial charge in [-0.2, -0.15) is 0 Å². The standard InChI is InChI=1S/C16H17NO5/c18-15(7-6-13-5-2-8-21-13)17-10-12-3-1-4-14(9-12)22-11-16(19)20/h1-5,8-9H,6-7,10-11H2,(H,17,18)(H,19,20). The van der Waals surface area contributed by atoms with Gasteiger partial charge in [0, 0.05) is 19.4 Å². The Morgan fingerprint density at radius 2 is 2.09 bits per heavy atom. The predicted octanol–water partition coefficient (Wildman–Crippen LogP) is 1.99. The number of carbonyl (C=O) groups is 2. The quantitative estimate of drug-likeness (QED) is 0.778. The zero-order valence-corrected chi connectivity index (χ0v) is 12.0. The number of ether oxygens (including phenoxy) is 1. The van der Waals surface area contributed by atoms with Gasteiger partial charge in [-0.05, 0) is 29.8 Å². The summed E-state index contributed by atoms with van der Waals surface area (Å²) in [7, 11) is 0. The van der Waals surface area contributed by atoms with Gasteiger partial charge in [0.1, 0.15) is 11.5 Å². The fraction of sp³-hybridized carbons (Fsp3) is 0.250. The molecule has 0 spiro atoms. The summed E-state index contributed by atoms with van der Waals surface area (Å²) in [5.74, 6) is 0.133. The summed E-state index contributed by atoms with van der Waals surface area (Å²) >= 11 is 0. The second kappa shape index (κ2) is 7.87. The van der Waals surface area contributed by atoms with Crippen molar-refractivity contribution in [1.29, 1.82) is 0 Å². The molecule has 0 aliphatic carbocycles. The Morgan fingerprint density at radius 1 is 1.23 bits per heavy atom. The van der Waals surface area contributed by atoms with Crippen molar-refractivity contribution in [2.24, 2.45) is 0 Å². The van der Waals surface area contributed by atoms with Gasteiger partial charge in [-0.15, -0.1) is 0 Å². The van der Waals surface area contributed by atoms with E-state index in [-0.39, 0.29) is 12.5 Å². The second-order valence-corrected chi connectivity index (χ2v) is 4.69. The lowest BCUT2D eigenvalue weighted by Gasteiger charge is -2.07. The Labute approximate surface area is 127 Å². The summed E-state index contributed by atoms with van der Waals surface area (Å²) in [6.45, 7) is -0.0276. The van der Waals surface area contributed by atoms with Crippen LogP contribution in [0.1, 0.15) is 17.7 Å². The van der Waals surface area contributed by atoms with Crippen molar-refractivity contribution in [1.82, 2.24) is 5.32 Å². The van der Waals surface area contributed by atoms with E-state index in [2.05, 4.69) is 5.32 Å². The highest BCUT2D eigenvalue weighted by Gasteiger charge is 2.05. The highest BCUT2D eigenvalue weighted by atomic mass is 16.5. The molecule has 0 unspecified atom stereocenters. The van der Waals surface area contributed by atoms with Gasteiger partial charge in [0.15, 0.2) is 6.61 Å². The van der Waals surface area contributed by atoms with E-state index in [4.69, 9.17) is 14.3 Å². The third-order valence-electron chi connectivity index (χ3n) is 2.93. The number of carbonyl (C=O) groups excluding carboxylic acids is 1. The first-order chi connectivity index (χ1) is 10.6. The lowest BCUT2D eigenvalue weighted by molar-refractivity contribution is -0.139. The van der Waals surface area contributed by atoms with Crippen LogP contribution in [0.3, 0.4) is 0 Å². The number of aryl methyl sites for hydroxylation is 1. The van der Waals surface area contributed by atoms with Crippen LogP contribution in [0.25, 0.3) is 0 Å². The average Bonchev–Trinajstić information content (AvgIpc) is 3.03. The first-order valence-electron chi connectivity index (χ1n) is 6.86. The molecule has 2 aromatic rings. The van der Waals surface area contributed by atoms with Crippen molar-refractivity contribution >= 4 is 11.9 Å². The average molecular weight is 303 g/mol. The maximum absolute atomic E-state index is 11.7. The van der Waals surface area contributed by atoms with E-state index in [1.54, 1.807) is 30.5 Å². The van der Waals surface area contributed by atoms with E-state index in [1.165, 1.54) is 0 Å². The SMILES string of the molecule is O=C(O)COc1cccc(CNC(=O)CCc2ccco2)c1. The van der Waals surface area contributed by atoms with Crippen LogP contribution >= 0.6 is 0 Å². The minimum atomic E-state index is -1.03. The van der Waals surface area contributed by atoms with Crippen LogP contribution in [-0.2, 0) is 22.6 Å². The van der Waals surface area contributed by atoms with Gasteiger partial charge in [-0.1, -0.05) is 12.1 Å². The Balaban J connectivity index is 1.76. The van der Waals surface area contributed by atoms with E-state index in [0.29, 0.717) is 25.1 Å². The number of amides is 1. The smallest absolute Gasteiger partial charge is 0.341 e. The molecule has 22 heavy (non-hydrogen) atoms. The molecule has 1 amide bonds. The topological polar surface area (TPSA) is 88.8 Å². The molecule has 2 rings (SSSR count). The number of carboxylic acid groups (broad SMARTS) is 1. The predicted molar refractivity (Wildman–Crippen MR) is 78.4 cm³/mol. The summed E-state index contributed by atoms with van der Waals surface area (Å²) in [4.78, 5) is 22.2. The first kappa shape index (κ1) is 15.6. The van der Waals surface area contributed by atoms with Crippen LogP contribution in [0, 0.1) is 0 Å². The Hall–Kier alpha value is -2.76. The van der Waals surface area contributed by atoms with Gasteiger partial charge in [-0.25, -0.2) is 4.79 Å². The van der Waals surface area contributed by atoms with Crippen LogP contribution in [0.15, 0.2) is 47.1 Å². The molecular weight excluding hydrogens is 286 g/mol. The molecule has 2 N–H and O–H groups in total. The molecule has 0 radical (unpaired) electrons. The van der Waals surface area contributed by atoms with Gasteiger partial charge in [0.05, 0.1) is 6.26 Å². The number of carboxylic acids is 1. The van der Waals surface area contributed by atoms with Gasteiger partial charge in [-0.3, -0.25) is 4.79 Å². The lowest BCUT2D eigenvalue weighted by Crippen LogP contribution is -2.23. The van der Waals surface area contributed by atoms with E-state index in [0.717, 1.165) is 11.3 Å². The summed E-state index contributed by atoms with van der Waals surface area (Å²) < 4.78 is 10.3. The first-order valence-corrected chi connectivity index (χ1v) is 6.86. The van der Waals surface area contributed by atoms with Gasteiger partial charge in [0.2, 0.25) is 5.91 Å². The summed E-state index contributed by atoms with van der Waals surface area (Å²) in [6.07, 6.45) is 2.49. The zero-order valence-electron chi connectivity index (χ0n) is 12.0. The highest BCUT2D eigenvalue weighted by Crippen LogP contribution is 2.13. The third-order valence-corrected chi connectivity index (χ3v) is 2.93. The largest absolute Gasteiger partial charge is 0.482 e. The molecular formula is C16H17NO5. The fourth-order valence-corrected chi connectivity index (χ4v) is 1.87. The van der Waals surface area contributed by atoms with E-state index >= 15 is 0 Å². The normalized spacial score (nSPS) is 10.2. The third kappa shape index (κ3) is 5.32. The van der Waals surface area contributed by atoms with Crippen molar-refractivity contribution in [2.45, 2.75) is 19.4 Å². The molecule has 1 aromatic carbocycles. The molecule has 1 aromatic heterocycles. The summed E-state index contributed by atoms with van der Waals surface area (Å²) in [6, 6.07) is 10.6. The molecule has 0 bridgehead atoms. The molecule has 6 heteroatoms. The molecule has 116 valence electrons. The molecule has 0 aliphatic heterocycles. The van der Waals surface area contributed by atoms with Crippen LogP contribution in [0.4, 0.5) is 0 Å². The highest BCUT2D eigenvalue weighted by molar-refractivity contribution is 5.76. The molecule has 0 saturated heterocycles. The van der Waals surface area contributed by atoms with E-state index in [1.807, 2.05) is 12.1 Å². The monoisotopic (exact) mass is 303 g/mol. The molecule has 0 atom stereocenters. The summed E-state index contributed by atoms with van der Waals surface area (Å²) in [5, 5.41) is 11.4. The number of nitrogens with one attached hydrogen (secondary N) is 1. The van der Waals surface area contributed by atoms with E-state index < -0.39 is 5.97 Å². The molecule has 6 nitrogen and oxygen atoms in total. The second-order valence-electron chi connectivity index (χ2n) is 4.69. The Bertz CT molecular complexity index is 621. The van der Waals surface area contributed by atoms with Crippen molar-refractivity contribution in [3.63, 3.8) is 0 Å². The van der Waals surface area contributed by atoms with Crippen LogP contribution in [0.2, 0.25) is 0 Å². The molecule has 0 fully saturated rings. The summed E-state index contributed by atoms with van der Waals surface area (Å²) in [5.41, 5.74) is 0.842. The molecule has 0 saturated carbocycles. The Kier molecular flexibility index (Phi) is 5.59. The van der Waals surface area contributed by atoms with Gasteiger partial charge in [0.25, 0.3) is 0 Å².